The van der Waals surface area contributed by atoms with Gasteiger partial charge in [-0.25, -0.2) is 4.39 Å². The molecule has 10 nitrogen and oxygen atoms in total. The number of thioether (sulfide) groups is 1. The molecule has 1 aromatic heterocycles. The lowest BCUT2D eigenvalue weighted by Crippen LogP contribution is -2.29. The number of benzene rings is 3. The number of ketones is 1. The van der Waals surface area contributed by atoms with Gasteiger partial charge in [0.15, 0.2) is 27.3 Å². The third-order valence-corrected chi connectivity index (χ3v) is 8.86. The lowest BCUT2D eigenvalue weighted by molar-refractivity contribution is -0.132. The minimum absolute atomic E-state index is 0.121. The first-order valence-electron chi connectivity index (χ1n) is 13.2. The summed E-state index contributed by atoms with van der Waals surface area (Å²) in [5, 5.41) is 30.4. The number of fused-ring (bicyclic) bond motifs is 1. The summed E-state index contributed by atoms with van der Waals surface area (Å²) in [5.74, 6) is -1.15. The van der Waals surface area contributed by atoms with Gasteiger partial charge in [-0.2, -0.15) is 0 Å². The van der Waals surface area contributed by atoms with E-state index >= 15 is 0 Å². The van der Waals surface area contributed by atoms with Crippen molar-refractivity contribution in [2.45, 2.75) is 23.1 Å². The van der Waals surface area contributed by atoms with E-state index in [0.717, 1.165) is 16.9 Å². The van der Waals surface area contributed by atoms with Gasteiger partial charge in [0.05, 0.1) is 18.2 Å². The summed E-state index contributed by atoms with van der Waals surface area (Å²) in [6.45, 7) is 2.73. The minimum atomic E-state index is -1.11. The summed E-state index contributed by atoms with van der Waals surface area (Å²) in [6, 6.07) is 14.2. The normalized spacial score (nSPS) is 17.3. The molecule has 0 spiro atoms. The number of anilines is 1. The number of ether oxygens (including phenoxy) is 3. The highest BCUT2D eigenvalue weighted by atomic mass is 32.2. The first-order chi connectivity index (χ1) is 20.8. The minimum Gasteiger partial charge on any atom is -0.507 e. The van der Waals surface area contributed by atoms with Crippen molar-refractivity contribution >= 4 is 45.7 Å². The van der Waals surface area contributed by atoms with E-state index in [2.05, 4.69) is 10.2 Å². The number of halogens is 1. The Labute approximate surface area is 253 Å². The summed E-state index contributed by atoms with van der Waals surface area (Å²) < 4.78 is 30.6. The van der Waals surface area contributed by atoms with Crippen LogP contribution < -0.4 is 19.1 Å². The van der Waals surface area contributed by atoms with Crippen LogP contribution in [-0.2, 0) is 15.3 Å². The van der Waals surface area contributed by atoms with Crippen molar-refractivity contribution < 1.29 is 38.4 Å². The second-order valence-electron chi connectivity index (χ2n) is 9.45. The molecule has 0 bridgehead atoms. The predicted molar refractivity (Wildman–Crippen MR) is 157 cm³/mol. The van der Waals surface area contributed by atoms with Crippen LogP contribution in [0.5, 0.6) is 23.0 Å². The Morgan fingerprint density at radius 3 is 2.60 bits per heavy atom. The lowest BCUT2D eigenvalue weighted by atomic mass is 9.95. The highest BCUT2D eigenvalue weighted by Crippen LogP contribution is 2.46. The molecule has 1 unspecified atom stereocenters. The summed E-state index contributed by atoms with van der Waals surface area (Å²) in [7, 11) is 0. The van der Waals surface area contributed by atoms with E-state index in [4.69, 9.17) is 14.2 Å². The lowest BCUT2D eigenvalue weighted by Gasteiger charge is -2.23. The molecule has 2 aliphatic heterocycles. The van der Waals surface area contributed by atoms with Gasteiger partial charge in [-0.15, -0.1) is 10.2 Å². The van der Waals surface area contributed by atoms with Gasteiger partial charge < -0.3 is 24.4 Å². The van der Waals surface area contributed by atoms with Crippen LogP contribution in [0.15, 0.2) is 70.6 Å². The largest absolute Gasteiger partial charge is 0.507 e. The molecular weight excluding hydrogens is 597 g/mol. The summed E-state index contributed by atoms with van der Waals surface area (Å²) in [4.78, 5) is 28.3. The average Bonchev–Trinajstić information content (AvgIpc) is 3.59. The molecule has 1 amide bonds. The number of nitrogens with zero attached hydrogens (tertiary/aromatic N) is 3. The number of carbonyl (C=O) groups excluding carboxylic acids is 2. The molecule has 0 radical (unpaired) electrons. The van der Waals surface area contributed by atoms with Crippen molar-refractivity contribution in [2.24, 2.45) is 0 Å². The van der Waals surface area contributed by atoms with Crippen molar-refractivity contribution in [3.63, 3.8) is 0 Å². The third kappa shape index (κ3) is 5.60. The highest BCUT2D eigenvalue weighted by molar-refractivity contribution is 8.00. The van der Waals surface area contributed by atoms with E-state index in [-0.39, 0.29) is 40.2 Å². The Bertz CT molecular complexity index is 1740. The number of aromatic nitrogens is 2. The fourth-order valence-corrected chi connectivity index (χ4v) is 6.57. The zero-order valence-corrected chi connectivity index (χ0v) is 24.3. The van der Waals surface area contributed by atoms with E-state index in [1.165, 1.54) is 40.9 Å². The van der Waals surface area contributed by atoms with Gasteiger partial charge in [-0.05, 0) is 60.5 Å². The van der Waals surface area contributed by atoms with Crippen LogP contribution >= 0.6 is 23.1 Å². The summed E-state index contributed by atoms with van der Waals surface area (Å²) in [6.07, 6.45) is 0. The monoisotopic (exact) mass is 621 g/mol. The number of amides is 1. The van der Waals surface area contributed by atoms with Crippen molar-refractivity contribution in [1.29, 1.82) is 0 Å². The maximum Gasteiger partial charge on any atom is 0.301 e. The molecule has 3 heterocycles. The number of hydrogen-bond acceptors (Lipinski definition) is 11. The van der Waals surface area contributed by atoms with Crippen molar-refractivity contribution in [1.82, 2.24) is 10.2 Å². The number of phenolic OH excluding ortho intramolecular Hbond substituents is 1. The first-order valence-corrected chi connectivity index (χ1v) is 15.0. The molecule has 0 saturated carbocycles. The Hall–Kier alpha value is -4.62. The van der Waals surface area contributed by atoms with Crippen LogP contribution in [0, 0.1) is 5.82 Å². The van der Waals surface area contributed by atoms with Gasteiger partial charge in [0, 0.05) is 11.3 Å². The van der Waals surface area contributed by atoms with Gasteiger partial charge in [-0.1, -0.05) is 41.3 Å². The van der Waals surface area contributed by atoms with Crippen molar-refractivity contribution in [2.75, 3.05) is 24.7 Å². The van der Waals surface area contributed by atoms with Crippen LogP contribution in [0.3, 0.4) is 0 Å². The van der Waals surface area contributed by atoms with Crippen molar-refractivity contribution in [3.8, 4) is 23.0 Å². The number of Topliss-reactive ketones (excluding diaryl/α,β-unsaturated/α-hetero) is 1. The van der Waals surface area contributed by atoms with E-state index in [0.29, 0.717) is 40.4 Å². The van der Waals surface area contributed by atoms with Gasteiger partial charge in [0.2, 0.25) is 5.13 Å². The fourth-order valence-electron chi connectivity index (χ4n) is 4.75. The van der Waals surface area contributed by atoms with Gasteiger partial charge >= 0.3 is 5.91 Å². The predicted octanol–water partition coefficient (Wildman–Crippen LogP) is 5.47. The molecule has 2 N–H and O–H groups in total. The summed E-state index contributed by atoms with van der Waals surface area (Å²) >= 11 is 2.45. The van der Waals surface area contributed by atoms with Gasteiger partial charge in [-0.3, -0.25) is 14.5 Å². The van der Waals surface area contributed by atoms with Crippen LogP contribution in [0.2, 0.25) is 0 Å². The standard InChI is InChI=1S/C30H24FN3O7S2/c1-2-39-22-13-17(5-9-20(22)35)25-24(26(36)18-6-10-21-23(14-18)41-12-11-40-21)27(37)28(38)34(25)29-32-33-30(43-29)42-15-16-3-7-19(31)8-4-16/h3-10,13-14,25,35-36H,2,11-12,15H2,1H3/b26-24+. The summed E-state index contributed by atoms with van der Waals surface area (Å²) in [5.41, 5.74) is 1.35. The second-order valence-corrected chi connectivity index (χ2v) is 11.6. The Balaban J connectivity index is 1.41. The number of aliphatic hydroxyl groups is 1. The molecule has 6 rings (SSSR count). The Morgan fingerprint density at radius 2 is 1.84 bits per heavy atom. The molecule has 13 heteroatoms. The molecule has 1 saturated heterocycles. The average molecular weight is 622 g/mol. The number of aromatic hydroxyl groups is 1. The van der Waals surface area contributed by atoms with Gasteiger partial charge in [0.25, 0.3) is 5.78 Å². The third-order valence-electron chi connectivity index (χ3n) is 6.74. The smallest absolute Gasteiger partial charge is 0.301 e. The Kier molecular flexibility index (Phi) is 7.91. The SMILES string of the molecule is CCOc1cc(C2/C(=C(\O)c3ccc4c(c3)OCCO4)C(=O)C(=O)N2c2nnc(SCc3ccc(F)cc3)s2)ccc1O. The number of phenols is 1. The number of aliphatic hydroxyl groups excluding tert-OH is 1. The molecule has 1 atom stereocenters. The number of hydrogen-bond donors (Lipinski definition) is 2. The first kappa shape index (κ1) is 28.5. The van der Waals surface area contributed by atoms with Crippen LogP contribution in [0.25, 0.3) is 5.76 Å². The Morgan fingerprint density at radius 1 is 1.07 bits per heavy atom. The second kappa shape index (κ2) is 11.9. The number of rotatable bonds is 8. The van der Waals surface area contributed by atoms with E-state index in [1.54, 1.807) is 43.3 Å². The zero-order valence-electron chi connectivity index (χ0n) is 22.7. The molecule has 2 aliphatic rings. The van der Waals surface area contributed by atoms with E-state index in [9.17, 15) is 24.2 Å². The quantitative estimate of drug-likeness (QED) is 0.0858. The van der Waals surface area contributed by atoms with Gasteiger partial charge in [0.1, 0.15) is 24.8 Å². The molecule has 4 aromatic rings. The molecule has 43 heavy (non-hydrogen) atoms. The van der Waals surface area contributed by atoms with Crippen LogP contribution in [0.4, 0.5) is 9.52 Å². The maximum absolute atomic E-state index is 13.6. The van der Waals surface area contributed by atoms with Crippen molar-refractivity contribution in [3.05, 3.63) is 88.7 Å². The molecule has 3 aromatic carbocycles. The van der Waals surface area contributed by atoms with Crippen LogP contribution in [-0.4, -0.2) is 51.9 Å². The molecule has 220 valence electrons. The molecule has 0 aliphatic carbocycles. The zero-order chi connectivity index (χ0) is 30.1. The fraction of sp³-hybridized carbons (Fsp3) is 0.200. The van der Waals surface area contributed by atoms with E-state index < -0.39 is 23.5 Å². The van der Waals surface area contributed by atoms with Crippen LogP contribution in [0.1, 0.15) is 29.7 Å². The number of carbonyl (C=O) groups is 2. The molecular formula is C30H24FN3O7S2. The van der Waals surface area contributed by atoms with E-state index in [1.807, 2.05) is 0 Å². The topological polar surface area (TPSA) is 131 Å². The maximum atomic E-state index is 13.6. The highest BCUT2D eigenvalue weighted by Gasteiger charge is 2.48. The molecule has 1 fully saturated rings.